The molecule has 4 rings (SSSR count). The molecular weight excluding hydrogens is 366 g/mol. The Bertz CT molecular complexity index is 778. The van der Waals surface area contributed by atoms with Gasteiger partial charge in [-0.15, -0.1) is 0 Å². The van der Waals surface area contributed by atoms with Crippen LogP contribution in [-0.4, -0.2) is 72.3 Å². The number of likely N-dealkylation sites (tertiary alicyclic amines) is 3. The van der Waals surface area contributed by atoms with E-state index in [4.69, 9.17) is 4.42 Å². The average molecular weight is 402 g/mol. The SMILES string of the molecule is CCN1CCC2(CN(CC(C)C)CC23CCN(C(=O)c2occc2C)CC3)C1=O. The quantitative estimate of drug-likeness (QED) is 0.778. The number of furan rings is 1. The van der Waals surface area contributed by atoms with E-state index in [9.17, 15) is 9.59 Å². The van der Waals surface area contributed by atoms with Gasteiger partial charge in [-0.05, 0) is 45.1 Å². The summed E-state index contributed by atoms with van der Waals surface area (Å²) >= 11 is 0. The Morgan fingerprint density at radius 2 is 1.90 bits per heavy atom. The van der Waals surface area contributed by atoms with Gasteiger partial charge >= 0.3 is 0 Å². The first-order chi connectivity index (χ1) is 13.8. The van der Waals surface area contributed by atoms with Crippen molar-refractivity contribution in [3.63, 3.8) is 0 Å². The normalized spacial score (nSPS) is 27.1. The summed E-state index contributed by atoms with van der Waals surface area (Å²) in [6.07, 6.45) is 4.34. The van der Waals surface area contributed by atoms with Crippen molar-refractivity contribution in [3.05, 3.63) is 23.7 Å². The highest BCUT2D eigenvalue weighted by molar-refractivity contribution is 5.93. The van der Waals surface area contributed by atoms with Crippen LogP contribution in [0, 0.1) is 23.7 Å². The Labute approximate surface area is 174 Å². The molecule has 1 atom stereocenters. The smallest absolute Gasteiger partial charge is 0.289 e. The zero-order valence-corrected chi connectivity index (χ0v) is 18.4. The van der Waals surface area contributed by atoms with Crippen molar-refractivity contribution in [2.24, 2.45) is 16.7 Å². The van der Waals surface area contributed by atoms with Crippen molar-refractivity contribution in [3.8, 4) is 0 Å². The number of piperidine rings is 1. The number of nitrogens with zero attached hydrogens (tertiary/aromatic N) is 3. The lowest BCUT2D eigenvalue weighted by atomic mass is 9.60. The Hall–Kier alpha value is -1.82. The van der Waals surface area contributed by atoms with Crippen LogP contribution in [0.3, 0.4) is 0 Å². The zero-order valence-electron chi connectivity index (χ0n) is 18.4. The van der Waals surface area contributed by atoms with Gasteiger partial charge in [0.2, 0.25) is 5.91 Å². The number of hydrogen-bond acceptors (Lipinski definition) is 4. The van der Waals surface area contributed by atoms with Gasteiger partial charge in [-0.1, -0.05) is 13.8 Å². The van der Waals surface area contributed by atoms with Crippen molar-refractivity contribution in [2.45, 2.75) is 47.0 Å². The van der Waals surface area contributed by atoms with Crippen molar-refractivity contribution in [1.29, 1.82) is 0 Å². The van der Waals surface area contributed by atoms with E-state index in [1.165, 1.54) is 0 Å². The van der Waals surface area contributed by atoms with E-state index in [0.717, 1.165) is 57.5 Å². The molecular formula is C23H35N3O3. The summed E-state index contributed by atoms with van der Waals surface area (Å²) < 4.78 is 5.44. The molecule has 0 aromatic carbocycles. The fourth-order valence-electron chi connectivity index (χ4n) is 6.12. The first-order valence-electron chi connectivity index (χ1n) is 11.2. The molecule has 3 aliphatic rings. The minimum Gasteiger partial charge on any atom is -0.459 e. The topological polar surface area (TPSA) is 57.0 Å². The van der Waals surface area contributed by atoms with Gasteiger partial charge in [0.05, 0.1) is 11.7 Å². The highest BCUT2D eigenvalue weighted by Crippen LogP contribution is 2.58. The summed E-state index contributed by atoms with van der Waals surface area (Å²) in [6, 6.07) is 1.84. The van der Waals surface area contributed by atoms with E-state index in [0.29, 0.717) is 30.7 Å². The third-order valence-electron chi connectivity index (χ3n) is 7.61. The molecule has 1 aromatic rings. The van der Waals surface area contributed by atoms with E-state index < -0.39 is 0 Å². The standard InChI is InChI=1S/C23H35N3O3/c1-5-25-12-9-23(21(25)28)16-24(14-17(2)3)15-22(23)7-10-26(11-8-22)20(27)19-18(4)6-13-29-19/h6,13,17H,5,7-12,14-16H2,1-4H3. The van der Waals surface area contributed by atoms with Gasteiger partial charge < -0.3 is 19.1 Å². The van der Waals surface area contributed by atoms with E-state index in [1.54, 1.807) is 6.26 Å². The molecule has 1 unspecified atom stereocenters. The fourth-order valence-corrected chi connectivity index (χ4v) is 6.12. The maximum absolute atomic E-state index is 13.5. The van der Waals surface area contributed by atoms with Crippen LogP contribution in [0.5, 0.6) is 0 Å². The van der Waals surface area contributed by atoms with Crippen LogP contribution in [-0.2, 0) is 4.79 Å². The molecule has 3 aliphatic heterocycles. The molecule has 29 heavy (non-hydrogen) atoms. The largest absolute Gasteiger partial charge is 0.459 e. The Morgan fingerprint density at radius 3 is 2.45 bits per heavy atom. The van der Waals surface area contributed by atoms with Gasteiger partial charge in [0, 0.05) is 56.8 Å². The number of carbonyl (C=O) groups excluding carboxylic acids is 2. The zero-order chi connectivity index (χ0) is 20.8. The van der Waals surface area contributed by atoms with Gasteiger partial charge in [-0.3, -0.25) is 9.59 Å². The first kappa shape index (κ1) is 20.5. The molecule has 0 N–H and O–H groups in total. The first-order valence-corrected chi connectivity index (χ1v) is 11.2. The average Bonchev–Trinajstić information content (AvgIpc) is 3.33. The number of aryl methyl sites for hydroxylation is 1. The van der Waals surface area contributed by atoms with E-state index in [2.05, 4.69) is 25.7 Å². The molecule has 160 valence electrons. The molecule has 3 saturated heterocycles. The van der Waals surface area contributed by atoms with Crippen LogP contribution in [0.15, 0.2) is 16.7 Å². The molecule has 0 saturated carbocycles. The molecule has 0 bridgehead atoms. The van der Waals surface area contributed by atoms with E-state index in [-0.39, 0.29) is 16.7 Å². The molecule has 2 amide bonds. The van der Waals surface area contributed by atoms with E-state index in [1.807, 2.05) is 22.8 Å². The molecule has 2 spiro atoms. The molecule has 6 heteroatoms. The number of amides is 2. The van der Waals surface area contributed by atoms with Gasteiger partial charge in [-0.25, -0.2) is 0 Å². The van der Waals surface area contributed by atoms with Gasteiger partial charge in [0.1, 0.15) is 0 Å². The Morgan fingerprint density at radius 1 is 1.17 bits per heavy atom. The van der Waals surface area contributed by atoms with Gasteiger partial charge in [0.25, 0.3) is 5.91 Å². The highest BCUT2D eigenvalue weighted by Gasteiger charge is 2.64. The van der Waals surface area contributed by atoms with Crippen LogP contribution >= 0.6 is 0 Å². The minimum atomic E-state index is -0.270. The van der Waals surface area contributed by atoms with E-state index >= 15 is 0 Å². The second-order valence-corrected chi connectivity index (χ2v) is 9.79. The molecule has 4 heterocycles. The molecule has 1 aromatic heterocycles. The second-order valence-electron chi connectivity index (χ2n) is 9.79. The predicted octanol–water partition coefficient (Wildman–Crippen LogP) is 3.02. The highest BCUT2D eigenvalue weighted by atomic mass is 16.3. The number of carbonyl (C=O) groups is 2. The van der Waals surface area contributed by atoms with Crippen molar-refractivity contribution >= 4 is 11.8 Å². The lowest BCUT2D eigenvalue weighted by Crippen LogP contribution is -2.53. The third-order valence-corrected chi connectivity index (χ3v) is 7.61. The van der Waals surface area contributed by atoms with Gasteiger partial charge in [-0.2, -0.15) is 0 Å². The second kappa shape index (κ2) is 7.46. The maximum atomic E-state index is 13.5. The summed E-state index contributed by atoms with van der Waals surface area (Å²) in [5, 5.41) is 0. The number of rotatable bonds is 4. The lowest BCUT2D eigenvalue weighted by Gasteiger charge is -2.47. The fraction of sp³-hybridized carbons (Fsp3) is 0.739. The molecule has 0 radical (unpaired) electrons. The molecule has 3 fully saturated rings. The summed E-state index contributed by atoms with van der Waals surface area (Å²) in [5.41, 5.74) is 0.603. The molecule has 0 aliphatic carbocycles. The predicted molar refractivity (Wildman–Crippen MR) is 112 cm³/mol. The lowest BCUT2D eigenvalue weighted by molar-refractivity contribution is -0.141. The van der Waals surface area contributed by atoms with Gasteiger partial charge in [0.15, 0.2) is 5.76 Å². The minimum absolute atomic E-state index is 0.0126. The van der Waals surface area contributed by atoms with Crippen LogP contribution in [0.4, 0.5) is 0 Å². The summed E-state index contributed by atoms with van der Waals surface area (Å²) in [7, 11) is 0. The molecule has 6 nitrogen and oxygen atoms in total. The Balaban J connectivity index is 1.56. The van der Waals surface area contributed by atoms with Crippen LogP contribution < -0.4 is 0 Å². The van der Waals surface area contributed by atoms with Crippen molar-refractivity contribution in [1.82, 2.24) is 14.7 Å². The number of hydrogen-bond donors (Lipinski definition) is 0. The van der Waals surface area contributed by atoms with Crippen molar-refractivity contribution in [2.75, 3.05) is 45.8 Å². The summed E-state index contributed by atoms with van der Waals surface area (Å²) in [4.78, 5) is 32.9. The van der Waals surface area contributed by atoms with Crippen LogP contribution in [0.1, 0.15) is 56.2 Å². The summed E-state index contributed by atoms with van der Waals surface area (Å²) in [6.45, 7) is 14.5. The summed E-state index contributed by atoms with van der Waals surface area (Å²) in [5.74, 6) is 1.39. The monoisotopic (exact) mass is 401 g/mol. The third kappa shape index (κ3) is 3.20. The van der Waals surface area contributed by atoms with Crippen LogP contribution in [0.2, 0.25) is 0 Å². The number of fused-ring (bicyclic) bond motifs is 1. The maximum Gasteiger partial charge on any atom is 0.289 e. The Kier molecular flexibility index (Phi) is 5.26. The van der Waals surface area contributed by atoms with Crippen molar-refractivity contribution < 1.29 is 14.0 Å². The van der Waals surface area contributed by atoms with Crippen LogP contribution in [0.25, 0.3) is 0 Å².